The zero-order chi connectivity index (χ0) is 45.6. The molecule has 9 heteroatoms. The summed E-state index contributed by atoms with van der Waals surface area (Å²) < 4.78 is 15.2. The molecule has 0 spiro atoms. The highest BCUT2D eigenvalue weighted by Gasteiger charge is 2.55. The highest BCUT2D eigenvalue weighted by atomic mass is 79.9. The lowest BCUT2D eigenvalue weighted by Crippen LogP contribution is -2.46. The zero-order valence-electron chi connectivity index (χ0n) is 38.4. The van der Waals surface area contributed by atoms with Gasteiger partial charge in [0.1, 0.15) is 0 Å². The molecule has 7 aromatic carbocycles. The van der Waals surface area contributed by atoms with Crippen molar-refractivity contribution in [3.05, 3.63) is 202 Å². The SMILES string of the molecule is CC1(C)c2ccccc2N(c2ccccc2)c2ccc(B3OC(C)(C)C(C)(Cc4ccc5c(c4)C(C)(C)c4cc(Br)ccc4N5c4nc(-c5ccccc5)nc(-c5ccccc5)n4)O3)cc21. The molecule has 4 heterocycles. The van der Waals surface area contributed by atoms with Crippen LogP contribution in [0, 0.1) is 0 Å². The van der Waals surface area contributed by atoms with Crippen LogP contribution < -0.4 is 15.3 Å². The molecule has 0 amide bonds. The number of hydrogen-bond acceptors (Lipinski definition) is 7. The van der Waals surface area contributed by atoms with Crippen molar-refractivity contribution in [2.75, 3.05) is 9.80 Å². The van der Waals surface area contributed by atoms with Gasteiger partial charge in [0.25, 0.3) is 0 Å². The van der Waals surface area contributed by atoms with Crippen molar-refractivity contribution in [1.82, 2.24) is 15.0 Å². The molecule has 0 radical (unpaired) electrons. The maximum absolute atomic E-state index is 7.18. The lowest BCUT2D eigenvalue weighted by molar-refractivity contribution is -0.00878. The molecule has 11 rings (SSSR count). The first kappa shape index (κ1) is 42.3. The zero-order valence-corrected chi connectivity index (χ0v) is 40.0. The van der Waals surface area contributed by atoms with Gasteiger partial charge in [-0.25, -0.2) is 4.98 Å². The first-order valence-corrected chi connectivity index (χ1v) is 23.6. The third kappa shape index (κ3) is 6.90. The van der Waals surface area contributed by atoms with E-state index in [-0.39, 0.29) is 10.8 Å². The Balaban J connectivity index is 0.967. The minimum absolute atomic E-state index is 0.254. The van der Waals surface area contributed by atoms with Gasteiger partial charge in [0.15, 0.2) is 11.6 Å². The van der Waals surface area contributed by atoms with Crippen LogP contribution in [-0.2, 0) is 26.6 Å². The summed E-state index contributed by atoms with van der Waals surface area (Å²) in [5.41, 5.74) is 12.5. The fourth-order valence-corrected chi connectivity index (χ4v) is 10.6. The Labute approximate surface area is 396 Å². The number of nitrogens with zero attached hydrogens (tertiary/aromatic N) is 5. The van der Waals surface area contributed by atoms with E-state index < -0.39 is 18.3 Å². The predicted octanol–water partition coefficient (Wildman–Crippen LogP) is 13.7. The summed E-state index contributed by atoms with van der Waals surface area (Å²) in [7, 11) is -0.552. The average Bonchev–Trinajstić information content (AvgIpc) is 3.57. The van der Waals surface area contributed by atoms with E-state index in [1.807, 2.05) is 60.7 Å². The standard InChI is InChI=1S/C57H51BBrN5O2/c1-54(2)43-25-17-18-26-47(43)63(42-23-15-10-16-24-42)48-31-28-40(34-45(48)54)58-65-56(5,6)57(7,66-58)36-37-27-30-49-44(33-37)55(3,4)46-35-41(59)29-32-50(46)64(49)53-61-51(38-19-11-8-12-20-38)60-52(62-53)39-21-13-9-14-22-39/h8-35H,36H2,1-7H3. The molecule has 8 aromatic rings. The van der Waals surface area contributed by atoms with E-state index in [0.29, 0.717) is 24.0 Å². The molecule has 1 aromatic heterocycles. The van der Waals surface area contributed by atoms with Gasteiger partial charge in [-0.05, 0) is 103 Å². The number of rotatable bonds is 7. The van der Waals surface area contributed by atoms with E-state index in [9.17, 15) is 0 Å². The molecule has 1 fully saturated rings. The van der Waals surface area contributed by atoms with Crippen LogP contribution in [0.1, 0.15) is 76.3 Å². The molecule has 326 valence electrons. The van der Waals surface area contributed by atoms with Gasteiger partial charge in [0, 0.05) is 38.5 Å². The van der Waals surface area contributed by atoms with Crippen LogP contribution >= 0.6 is 15.9 Å². The molecule has 0 bridgehead atoms. The van der Waals surface area contributed by atoms with Gasteiger partial charge in [-0.15, -0.1) is 0 Å². The minimum Gasteiger partial charge on any atom is -0.399 e. The van der Waals surface area contributed by atoms with E-state index in [1.54, 1.807) is 0 Å². The number of halogens is 1. The van der Waals surface area contributed by atoms with E-state index in [2.05, 4.69) is 183 Å². The van der Waals surface area contributed by atoms with Crippen molar-refractivity contribution in [1.29, 1.82) is 0 Å². The van der Waals surface area contributed by atoms with E-state index in [4.69, 9.17) is 24.3 Å². The Morgan fingerprint density at radius 3 is 1.67 bits per heavy atom. The summed E-state index contributed by atoms with van der Waals surface area (Å²) in [5, 5.41) is 0. The Morgan fingerprint density at radius 2 is 1.00 bits per heavy atom. The number of anilines is 6. The Bertz CT molecular complexity index is 3100. The normalized spacial score (nSPS) is 18.6. The lowest BCUT2D eigenvalue weighted by atomic mass is 9.69. The van der Waals surface area contributed by atoms with Crippen LogP contribution in [0.15, 0.2) is 174 Å². The topological polar surface area (TPSA) is 63.6 Å². The van der Waals surface area contributed by atoms with Crippen LogP contribution in [0.3, 0.4) is 0 Å². The van der Waals surface area contributed by atoms with E-state index >= 15 is 0 Å². The number of hydrogen-bond donors (Lipinski definition) is 0. The maximum Gasteiger partial charge on any atom is 0.494 e. The van der Waals surface area contributed by atoms with Crippen LogP contribution in [-0.4, -0.2) is 33.3 Å². The Kier molecular flexibility index (Phi) is 10.0. The molecule has 0 aliphatic carbocycles. The lowest BCUT2D eigenvalue weighted by Gasteiger charge is -2.42. The molecular weight excluding hydrogens is 877 g/mol. The summed E-state index contributed by atoms with van der Waals surface area (Å²) in [4.78, 5) is 20.0. The summed E-state index contributed by atoms with van der Waals surface area (Å²) in [6.45, 7) is 15.8. The number of aromatic nitrogens is 3. The van der Waals surface area contributed by atoms with Crippen molar-refractivity contribution in [3.63, 3.8) is 0 Å². The Hall–Kier alpha value is -6.39. The highest BCUT2D eigenvalue weighted by molar-refractivity contribution is 9.10. The molecule has 3 aliphatic rings. The summed E-state index contributed by atoms with van der Waals surface area (Å²) in [6.07, 6.45) is 0.638. The van der Waals surface area contributed by atoms with Gasteiger partial charge in [0.2, 0.25) is 5.95 Å². The number of fused-ring (bicyclic) bond motifs is 4. The number of para-hydroxylation sites is 2. The van der Waals surface area contributed by atoms with Crippen LogP contribution in [0.25, 0.3) is 22.8 Å². The van der Waals surface area contributed by atoms with Gasteiger partial charge >= 0.3 is 7.12 Å². The molecule has 1 unspecified atom stereocenters. The third-order valence-electron chi connectivity index (χ3n) is 14.4. The molecule has 0 saturated carbocycles. The van der Waals surface area contributed by atoms with Crippen molar-refractivity contribution in [2.24, 2.45) is 0 Å². The second-order valence-electron chi connectivity index (χ2n) is 19.6. The predicted molar refractivity (Wildman–Crippen MR) is 272 cm³/mol. The second-order valence-corrected chi connectivity index (χ2v) is 20.5. The molecule has 7 nitrogen and oxygen atoms in total. The van der Waals surface area contributed by atoms with Gasteiger partial charge < -0.3 is 14.2 Å². The molecule has 66 heavy (non-hydrogen) atoms. The maximum atomic E-state index is 7.18. The summed E-state index contributed by atoms with van der Waals surface area (Å²) >= 11 is 3.81. The highest BCUT2D eigenvalue weighted by Crippen LogP contribution is 2.54. The van der Waals surface area contributed by atoms with E-state index in [0.717, 1.165) is 49.4 Å². The van der Waals surface area contributed by atoms with Crippen LogP contribution in [0.5, 0.6) is 0 Å². The minimum atomic E-state index is -0.664. The molecule has 3 aliphatic heterocycles. The smallest absolute Gasteiger partial charge is 0.399 e. The van der Waals surface area contributed by atoms with Gasteiger partial charge in [-0.2, -0.15) is 9.97 Å². The van der Waals surface area contributed by atoms with Crippen molar-refractivity contribution in [3.8, 4) is 22.8 Å². The van der Waals surface area contributed by atoms with Gasteiger partial charge in [0.05, 0.1) is 34.0 Å². The van der Waals surface area contributed by atoms with Gasteiger partial charge in [-0.1, -0.05) is 165 Å². The first-order chi connectivity index (χ1) is 31.7. The van der Waals surface area contributed by atoms with E-state index in [1.165, 1.54) is 27.9 Å². The second kappa shape index (κ2) is 15.6. The third-order valence-corrected chi connectivity index (χ3v) is 14.9. The first-order valence-electron chi connectivity index (χ1n) is 22.8. The fourth-order valence-electron chi connectivity index (χ4n) is 10.3. The number of benzene rings is 7. The summed E-state index contributed by atoms with van der Waals surface area (Å²) in [6, 6.07) is 59.7. The quantitative estimate of drug-likeness (QED) is 0.148. The van der Waals surface area contributed by atoms with Crippen LogP contribution in [0.4, 0.5) is 34.4 Å². The Morgan fingerprint density at radius 1 is 0.485 bits per heavy atom. The van der Waals surface area contributed by atoms with Crippen LogP contribution in [0.2, 0.25) is 0 Å². The summed E-state index contributed by atoms with van der Waals surface area (Å²) in [5.74, 6) is 1.79. The van der Waals surface area contributed by atoms with Crippen molar-refractivity contribution in [2.45, 2.75) is 76.9 Å². The molecule has 1 atom stereocenters. The fraction of sp³-hybridized carbons (Fsp3) is 0.211. The van der Waals surface area contributed by atoms with Crippen molar-refractivity contribution < 1.29 is 9.31 Å². The molecule has 0 N–H and O–H groups in total. The largest absolute Gasteiger partial charge is 0.494 e. The van der Waals surface area contributed by atoms with Crippen molar-refractivity contribution >= 4 is 62.9 Å². The monoisotopic (exact) mass is 927 g/mol. The van der Waals surface area contributed by atoms with Gasteiger partial charge in [-0.3, -0.25) is 4.90 Å². The molecular formula is C57H51BBrN5O2. The average molecular weight is 929 g/mol. The molecule has 1 saturated heterocycles.